The van der Waals surface area contributed by atoms with Gasteiger partial charge in [-0.3, -0.25) is 4.90 Å². The highest BCUT2D eigenvalue weighted by Crippen LogP contribution is 2.24. The Morgan fingerprint density at radius 1 is 1.35 bits per heavy atom. The lowest BCUT2D eigenvalue weighted by Gasteiger charge is -2.25. The normalized spacial score (nSPS) is 23.5. The molecule has 1 fully saturated rings. The smallest absolute Gasteiger partial charge is 0.0474 e. The van der Waals surface area contributed by atoms with Crippen molar-refractivity contribution in [2.24, 2.45) is 11.8 Å². The fourth-order valence-electron chi connectivity index (χ4n) is 2.54. The minimum atomic E-state index is 0.668. The van der Waals surface area contributed by atoms with Gasteiger partial charge in [0, 0.05) is 32.8 Å². The van der Waals surface area contributed by atoms with Crippen molar-refractivity contribution in [2.75, 3.05) is 39.9 Å². The van der Waals surface area contributed by atoms with Gasteiger partial charge in [0.2, 0.25) is 0 Å². The molecule has 1 aliphatic heterocycles. The third kappa shape index (κ3) is 5.36. The summed E-state index contributed by atoms with van der Waals surface area (Å²) < 4.78 is 5.04. The number of hydrogen-bond acceptors (Lipinski definition) is 3. The van der Waals surface area contributed by atoms with Crippen LogP contribution in [0.1, 0.15) is 33.6 Å². The molecule has 0 bridgehead atoms. The van der Waals surface area contributed by atoms with Crippen LogP contribution in [-0.4, -0.2) is 50.8 Å². The predicted octanol–water partition coefficient (Wildman–Crippen LogP) is 1.98. The van der Waals surface area contributed by atoms with Gasteiger partial charge in [0.25, 0.3) is 0 Å². The fourth-order valence-corrected chi connectivity index (χ4v) is 2.54. The molecule has 1 saturated heterocycles. The minimum Gasteiger partial charge on any atom is -0.385 e. The van der Waals surface area contributed by atoms with Crippen molar-refractivity contribution in [1.29, 1.82) is 0 Å². The summed E-state index contributed by atoms with van der Waals surface area (Å²) >= 11 is 0. The van der Waals surface area contributed by atoms with Crippen molar-refractivity contribution in [3.63, 3.8) is 0 Å². The van der Waals surface area contributed by atoms with E-state index in [9.17, 15) is 0 Å². The van der Waals surface area contributed by atoms with E-state index < -0.39 is 0 Å². The van der Waals surface area contributed by atoms with Gasteiger partial charge in [-0.1, -0.05) is 13.8 Å². The Balaban J connectivity index is 2.10. The van der Waals surface area contributed by atoms with Crippen LogP contribution in [0.25, 0.3) is 0 Å². The molecule has 102 valence electrons. The van der Waals surface area contributed by atoms with Gasteiger partial charge in [-0.2, -0.15) is 0 Å². The van der Waals surface area contributed by atoms with Gasteiger partial charge in [-0.25, -0.2) is 0 Å². The maximum absolute atomic E-state index is 5.04. The monoisotopic (exact) mass is 242 g/mol. The molecule has 0 radical (unpaired) electrons. The zero-order chi connectivity index (χ0) is 12.7. The summed E-state index contributed by atoms with van der Waals surface area (Å²) in [6.45, 7) is 12.6. The van der Waals surface area contributed by atoms with Crippen LogP contribution in [0.15, 0.2) is 0 Å². The summed E-state index contributed by atoms with van der Waals surface area (Å²) in [5.74, 6) is 1.74. The highest BCUT2D eigenvalue weighted by molar-refractivity contribution is 4.81. The van der Waals surface area contributed by atoms with E-state index in [-0.39, 0.29) is 0 Å². The number of hydrogen-bond donors (Lipinski definition) is 1. The molecule has 3 heteroatoms. The van der Waals surface area contributed by atoms with E-state index in [1.165, 1.54) is 19.5 Å². The molecule has 0 aromatic carbocycles. The van der Waals surface area contributed by atoms with E-state index in [4.69, 9.17) is 4.74 Å². The maximum Gasteiger partial charge on any atom is 0.0474 e. The number of nitrogens with zero attached hydrogens (tertiary/aromatic N) is 1. The van der Waals surface area contributed by atoms with E-state index in [2.05, 4.69) is 31.0 Å². The lowest BCUT2D eigenvalue weighted by atomic mass is 9.95. The van der Waals surface area contributed by atoms with E-state index in [0.29, 0.717) is 6.04 Å². The van der Waals surface area contributed by atoms with Gasteiger partial charge >= 0.3 is 0 Å². The lowest BCUT2D eigenvalue weighted by molar-refractivity contribution is 0.191. The second-order valence-corrected chi connectivity index (χ2v) is 5.69. The van der Waals surface area contributed by atoms with Crippen LogP contribution in [0.5, 0.6) is 0 Å². The van der Waals surface area contributed by atoms with Crippen LogP contribution < -0.4 is 5.32 Å². The van der Waals surface area contributed by atoms with Crippen molar-refractivity contribution in [3.05, 3.63) is 0 Å². The molecule has 2 atom stereocenters. The molecule has 0 aliphatic carbocycles. The molecule has 0 aromatic heterocycles. The molecule has 2 unspecified atom stereocenters. The first-order valence-corrected chi connectivity index (χ1v) is 7.08. The molecule has 1 rings (SSSR count). The van der Waals surface area contributed by atoms with Gasteiger partial charge in [-0.15, -0.1) is 0 Å². The number of likely N-dealkylation sites (tertiary alicyclic amines) is 1. The van der Waals surface area contributed by atoms with Gasteiger partial charge in [-0.05, 0) is 44.7 Å². The Kier molecular flexibility index (Phi) is 7.09. The third-order valence-electron chi connectivity index (χ3n) is 3.96. The molecule has 0 aromatic rings. The predicted molar refractivity (Wildman–Crippen MR) is 73.3 cm³/mol. The summed E-state index contributed by atoms with van der Waals surface area (Å²) in [7, 11) is 1.76. The van der Waals surface area contributed by atoms with Crippen LogP contribution in [0.4, 0.5) is 0 Å². The Bertz CT molecular complexity index is 197. The molecule has 1 aliphatic rings. The molecule has 0 saturated carbocycles. The van der Waals surface area contributed by atoms with E-state index >= 15 is 0 Å². The maximum atomic E-state index is 5.04. The lowest BCUT2D eigenvalue weighted by Crippen LogP contribution is -2.39. The van der Waals surface area contributed by atoms with E-state index in [1.807, 2.05) is 0 Å². The highest BCUT2D eigenvalue weighted by atomic mass is 16.5. The van der Waals surface area contributed by atoms with Crippen molar-refractivity contribution in [2.45, 2.75) is 39.7 Å². The first-order chi connectivity index (χ1) is 8.15. The van der Waals surface area contributed by atoms with Crippen molar-refractivity contribution < 1.29 is 4.74 Å². The summed E-state index contributed by atoms with van der Waals surface area (Å²) in [6.07, 6.45) is 2.49. The zero-order valence-corrected chi connectivity index (χ0v) is 12.0. The van der Waals surface area contributed by atoms with Crippen molar-refractivity contribution in [3.8, 4) is 0 Å². The molecule has 3 nitrogen and oxygen atoms in total. The van der Waals surface area contributed by atoms with Crippen LogP contribution in [0.3, 0.4) is 0 Å². The number of nitrogens with one attached hydrogen (secondary N) is 1. The van der Waals surface area contributed by atoms with Crippen LogP contribution >= 0.6 is 0 Å². The van der Waals surface area contributed by atoms with E-state index in [0.717, 1.165) is 38.0 Å². The van der Waals surface area contributed by atoms with Crippen LogP contribution in [0, 0.1) is 11.8 Å². The molecular weight excluding hydrogens is 212 g/mol. The second-order valence-electron chi connectivity index (χ2n) is 5.69. The average molecular weight is 242 g/mol. The molecule has 1 N–H and O–H groups in total. The molecule has 17 heavy (non-hydrogen) atoms. The largest absolute Gasteiger partial charge is 0.385 e. The summed E-state index contributed by atoms with van der Waals surface area (Å²) in [5, 5.41) is 3.52. The average Bonchev–Trinajstić information content (AvgIpc) is 2.78. The first-order valence-electron chi connectivity index (χ1n) is 7.08. The SMILES string of the molecule is COCCCNCC(C)N1CCC(C(C)C)C1. The quantitative estimate of drug-likeness (QED) is 0.659. The Morgan fingerprint density at radius 3 is 2.71 bits per heavy atom. The number of rotatable bonds is 8. The van der Waals surface area contributed by atoms with Crippen LogP contribution in [-0.2, 0) is 4.74 Å². The standard InChI is InChI=1S/C14H30N2O/c1-12(2)14-6-8-16(11-14)13(3)10-15-7-5-9-17-4/h12-15H,5-11H2,1-4H3. The van der Waals surface area contributed by atoms with Gasteiger partial charge in [0.05, 0.1) is 0 Å². The first kappa shape index (κ1) is 14.9. The molecule has 1 heterocycles. The Morgan fingerprint density at radius 2 is 2.12 bits per heavy atom. The minimum absolute atomic E-state index is 0.668. The topological polar surface area (TPSA) is 24.5 Å². The Labute approximate surface area is 107 Å². The second kappa shape index (κ2) is 8.06. The van der Waals surface area contributed by atoms with Gasteiger partial charge in [0.15, 0.2) is 0 Å². The Hall–Kier alpha value is -0.120. The zero-order valence-electron chi connectivity index (χ0n) is 12.0. The third-order valence-corrected chi connectivity index (χ3v) is 3.96. The van der Waals surface area contributed by atoms with Gasteiger partial charge < -0.3 is 10.1 Å². The summed E-state index contributed by atoms with van der Waals surface area (Å²) in [4.78, 5) is 2.63. The molecule has 0 amide bonds. The fraction of sp³-hybridized carbons (Fsp3) is 1.00. The van der Waals surface area contributed by atoms with Crippen molar-refractivity contribution in [1.82, 2.24) is 10.2 Å². The number of methoxy groups -OCH3 is 1. The van der Waals surface area contributed by atoms with Crippen molar-refractivity contribution >= 4 is 0 Å². The molecule has 0 spiro atoms. The van der Waals surface area contributed by atoms with E-state index in [1.54, 1.807) is 7.11 Å². The summed E-state index contributed by atoms with van der Waals surface area (Å²) in [5.41, 5.74) is 0. The summed E-state index contributed by atoms with van der Waals surface area (Å²) in [6, 6.07) is 0.668. The van der Waals surface area contributed by atoms with Gasteiger partial charge in [0.1, 0.15) is 0 Å². The molecular formula is C14H30N2O. The van der Waals surface area contributed by atoms with Crippen LogP contribution in [0.2, 0.25) is 0 Å². The highest BCUT2D eigenvalue weighted by Gasteiger charge is 2.27. The number of ether oxygens (including phenoxy) is 1.